The molecule has 4 atom stereocenters. The topological polar surface area (TPSA) is 0 Å². The van der Waals surface area contributed by atoms with Crippen molar-refractivity contribution in [3.05, 3.63) is 12.2 Å². The average Bonchev–Trinajstić information content (AvgIpc) is 2.57. The molecule has 0 aliphatic heterocycles. The Balaban J connectivity index is 0.00000144. The van der Waals surface area contributed by atoms with Gasteiger partial charge in [0.25, 0.3) is 0 Å². The van der Waals surface area contributed by atoms with Crippen LogP contribution in [0.4, 0.5) is 0 Å². The molecule has 0 amide bonds. The second-order valence-corrected chi connectivity index (χ2v) is 6.44. The van der Waals surface area contributed by atoms with Crippen molar-refractivity contribution >= 4 is 0 Å². The molecule has 0 aromatic carbocycles. The number of rotatable bonds is 3. The first-order chi connectivity index (χ1) is 7.59. The smallest absolute Gasteiger partial charge is 0 e. The summed E-state index contributed by atoms with van der Waals surface area (Å²) in [4.78, 5) is 0. The fraction of sp³-hybridized carbons (Fsp3) is 0.875. The first-order valence-corrected chi connectivity index (χ1v) is 7.20. The summed E-state index contributed by atoms with van der Waals surface area (Å²) < 4.78 is 0. The largest absolute Gasteiger partial charge is 0.514 e. The van der Waals surface area contributed by atoms with E-state index in [0.29, 0.717) is 5.41 Å². The molecule has 17 heavy (non-hydrogen) atoms. The molecule has 2 fully saturated rings. The molecule has 2 unspecified atom stereocenters. The van der Waals surface area contributed by atoms with E-state index in [0.717, 1.165) is 17.8 Å². The van der Waals surface area contributed by atoms with Gasteiger partial charge in [0, 0.05) is 32.7 Å². The summed E-state index contributed by atoms with van der Waals surface area (Å²) in [6.07, 6.45) is 9.44. The van der Waals surface area contributed by atoms with Crippen LogP contribution < -0.4 is 0 Å². The Hall–Kier alpha value is 0.844. The quantitative estimate of drug-likeness (QED) is 0.644. The standard InChI is InChI=1S/C16H27.Y/c1-5-7-12(2)14-9-10-15-13(3)8-6-11-16(14,15)4;/h3,12,14-15H,5-11H2,1-2,4H3;/q-1;/t12?,14-,15?,16-;/m1./s1. The van der Waals surface area contributed by atoms with Crippen molar-refractivity contribution in [2.45, 2.75) is 65.7 Å². The predicted molar refractivity (Wildman–Crippen MR) is 70.1 cm³/mol. The molecule has 0 bridgehead atoms. The van der Waals surface area contributed by atoms with Crippen LogP contribution >= 0.6 is 0 Å². The minimum absolute atomic E-state index is 0. The molecule has 1 heteroatoms. The third-order valence-corrected chi connectivity index (χ3v) is 5.47. The van der Waals surface area contributed by atoms with Crippen LogP contribution in [0.15, 0.2) is 5.57 Å². The van der Waals surface area contributed by atoms with Crippen LogP contribution in [-0.2, 0) is 32.7 Å². The van der Waals surface area contributed by atoms with Crippen LogP contribution in [0.2, 0.25) is 0 Å². The summed E-state index contributed by atoms with van der Waals surface area (Å²) in [6, 6.07) is 0. The summed E-state index contributed by atoms with van der Waals surface area (Å²) in [5.41, 5.74) is 1.86. The van der Waals surface area contributed by atoms with Gasteiger partial charge in [-0.3, -0.25) is 5.57 Å². The van der Waals surface area contributed by atoms with Crippen molar-refractivity contribution in [2.24, 2.45) is 23.2 Å². The Morgan fingerprint density at radius 3 is 2.76 bits per heavy atom. The Morgan fingerprint density at radius 1 is 1.41 bits per heavy atom. The van der Waals surface area contributed by atoms with Gasteiger partial charge in [0.15, 0.2) is 0 Å². The van der Waals surface area contributed by atoms with Crippen LogP contribution in [-0.4, -0.2) is 0 Å². The van der Waals surface area contributed by atoms with Gasteiger partial charge in [-0.2, -0.15) is 0 Å². The van der Waals surface area contributed by atoms with E-state index in [-0.39, 0.29) is 32.7 Å². The number of fused-ring (bicyclic) bond motifs is 1. The van der Waals surface area contributed by atoms with Crippen molar-refractivity contribution < 1.29 is 32.7 Å². The summed E-state index contributed by atoms with van der Waals surface area (Å²) in [5.74, 6) is 2.56. The third-order valence-electron chi connectivity index (χ3n) is 5.47. The molecule has 2 saturated carbocycles. The normalized spacial score (nSPS) is 38.4. The minimum atomic E-state index is 0. The van der Waals surface area contributed by atoms with Crippen LogP contribution in [0, 0.1) is 29.7 Å². The van der Waals surface area contributed by atoms with Gasteiger partial charge in [0.05, 0.1) is 0 Å². The molecular formula is C16H27Y-. The molecule has 0 aromatic rings. The van der Waals surface area contributed by atoms with Crippen LogP contribution in [0.25, 0.3) is 0 Å². The van der Waals surface area contributed by atoms with Crippen molar-refractivity contribution in [2.75, 3.05) is 0 Å². The van der Waals surface area contributed by atoms with Gasteiger partial charge in [0.2, 0.25) is 0 Å². The zero-order valence-corrected chi connectivity index (χ0v) is 14.7. The Bertz CT molecular complexity index is 271. The second kappa shape index (κ2) is 6.33. The SMILES string of the molecule is [CH-]=C1CCC[C@@]2(C)C1CC[C@@H]2C(C)CCC.[Y]. The van der Waals surface area contributed by atoms with Crippen LogP contribution in [0.5, 0.6) is 0 Å². The summed E-state index contributed by atoms with van der Waals surface area (Å²) in [7, 11) is 0. The van der Waals surface area contributed by atoms with Gasteiger partial charge >= 0.3 is 0 Å². The van der Waals surface area contributed by atoms with E-state index in [1.165, 1.54) is 50.5 Å². The fourth-order valence-electron chi connectivity index (χ4n) is 4.67. The predicted octanol–water partition coefficient (Wildman–Crippen LogP) is 5.00. The van der Waals surface area contributed by atoms with Gasteiger partial charge in [-0.25, -0.2) is 0 Å². The van der Waals surface area contributed by atoms with Crippen molar-refractivity contribution in [1.29, 1.82) is 0 Å². The van der Waals surface area contributed by atoms with Crippen LogP contribution in [0.1, 0.15) is 65.7 Å². The van der Waals surface area contributed by atoms with Gasteiger partial charge in [-0.05, 0) is 42.4 Å². The van der Waals surface area contributed by atoms with Crippen molar-refractivity contribution in [3.8, 4) is 0 Å². The molecule has 0 saturated heterocycles. The van der Waals surface area contributed by atoms with Gasteiger partial charge in [0.1, 0.15) is 0 Å². The number of allylic oxidation sites excluding steroid dienone is 1. The molecule has 0 spiro atoms. The van der Waals surface area contributed by atoms with Crippen molar-refractivity contribution in [1.82, 2.24) is 0 Å². The first kappa shape index (κ1) is 15.9. The molecule has 2 rings (SSSR count). The van der Waals surface area contributed by atoms with E-state index in [4.69, 9.17) is 6.58 Å². The molecule has 2 aliphatic carbocycles. The van der Waals surface area contributed by atoms with Crippen LogP contribution in [0.3, 0.4) is 0 Å². The first-order valence-electron chi connectivity index (χ1n) is 7.20. The van der Waals surface area contributed by atoms with Gasteiger partial charge in [-0.1, -0.05) is 46.5 Å². The molecule has 95 valence electrons. The number of hydrogen-bond donors (Lipinski definition) is 0. The number of hydrogen-bond acceptors (Lipinski definition) is 0. The van der Waals surface area contributed by atoms with E-state index >= 15 is 0 Å². The summed E-state index contributed by atoms with van der Waals surface area (Å²) in [5, 5.41) is 0. The van der Waals surface area contributed by atoms with E-state index in [1.54, 1.807) is 0 Å². The van der Waals surface area contributed by atoms with E-state index < -0.39 is 0 Å². The maximum Gasteiger partial charge on any atom is 0 e. The van der Waals surface area contributed by atoms with Gasteiger partial charge in [-0.15, -0.1) is 0 Å². The minimum Gasteiger partial charge on any atom is -0.514 e. The van der Waals surface area contributed by atoms with Gasteiger partial charge < -0.3 is 6.58 Å². The third kappa shape index (κ3) is 2.89. The second-order valence-electron chi connectivity index (χ2n) is 6.44. The molecule has 0 aromatic heterocycles. The molecule has 1 radical (unpaired) electrons. The maximum atomic E-state index is 6.26. The fourth-order valence-corrected chi connectivity index (χ4v) is 4.67. The maximum absolute atomic E-state index is 6.26. The molecular weight excluding hydrogens is 281 g/mol. The average molecular weight is 308 g/mol. The summed E-state index contributed by atoms with van der Waals surface area (Å²) >= 11 is 0. The Kier molecular flexibility index (Phi) is 5.92. The summed E-state index contributed by atoms with van der Waals surface area (Å²) in [6.45, 7) is 13.6. The molecule has 0 heterocycles. The molecule has 0 nitrogen and oxygen atoms in total. The zero-order chi connectivity index (χ0) is 11.8. The molecule has 0 N–H and O–H groups in total. The monoisotopic (exact) mass is 308 g/mol. The zero-order valence-electron chi connectivity index (χ0n) is 11.8. The van der Waals surface area contributed by atoms with E-state index in [9.17, 15) is 0 Å². The van der Waals surface area contributed by atoms with E-state index in [1.807, 2.05) is 0 Å². The van der Waals surface area contributed by atoms with E-state index in [2.05, 4.69) is 20.8 Å². The van der Waals surface area contributed by atoms with Crippen molar-refractivity contribution in [3.63, 3.8) is 0 Å². The Labute approximate surface area is 133 Å². The molecule has 2 aliphatic rings. The Morgan fingerprint density at radius 2 is 2.12 bits per heavy atom.